The molecule has 128 valence electrons. The SMILES string of the molecule is COCC1OC(n2c[n+]3c4c(ncnc42)N(C)N=C3C)C(O)C1O. The smallest absolute Gasteiger partial charge is 0.264 e. The van der Waals surface area contributed by atoms with Crippen molar-refractivity contribution in [3.8, 4) is 0 Å². The molecular weight excluding hydrogens is 316 g/mol. The number of anilines is 1. The Balaban J connectivity index is 1.84. The first-order chi connectivity index (χ1) is 11.5. The second-order valence-electron chi connectivity index (χ2n) is 5.93. The Kier molecular flexibility index (Phi) is 3.49. The van der Waals surface area contributed by atoms with Crippen molar-refractivity contribution >= 4 is 22.8 Å². The van der Waals surface area contributed by atoms with Crippen molar-refractivity contribution in [3.63, 3.8) is 0 Å². The highest BCUT2D eigenvalue weighted by atomic mass is 16.6. The van der Waals surface area contributed by atoms with Gasteiger partial charge in [0.15, 0.2) is 6.33 Å². The van der Waals surface area contributed by atoms with Crippen LogP contribution in [0.2, 0.25) is 0 Å². The van der Waals surface area contributed by atoms with E-state index in [0.29, 0.717) is 11.5 Å². The van der Waals surface area contributed by atoms with Gasteiger partial charge in [-0.2, -0.15) is 9.58 Å². The molecule has 10 heteroatoms. The zero-order chi connectivity index (χ0) is 17.0. The van der Waals surface area contributed by atoms with E-state index in [9.17, 15) is 10.2 Å². The lowest BCUT2D eigenvalue weighted by Crippen LogP contribution is -2.45. The minimum atomic E-state index is -1.09. The highest BCUT2D eigenvalue weighted by Crippen LogP contribution is 2.32. The minimum Gasteiger partial charge on any atom is -0.387 e. The fraction of sp³-hybridized carbons (Fsp3) is 0.571. The fourth-order valence-corrected chi connectivity index (χ4v) is 3.24. The van der Waals surface area contributed by atoms with Gasteiger partial charge in [-0.1, -0.05) is 0 Å². The maximum Gasteiger partial charge on any atom is 0.264 e. The molecule has 0 bridgehead atoms. The summed E-state index contributed by atoms with van der Waals surface area (Å²) in [4.78, 5) is 8.61. The van der Waals surface area contributed by atoms with Gasteiger partial charge in [0.2, 0.25) is 23.2 Å². The number of nitrogens with zero attached hydrogens (tertiary/aromatic N) is 6. The van der Waals surface area contributed by atoms with Crippen molar-refractivity contribution in [2.45, 2.75) is 31.5 Å². The second kappa shape index (κ2) is 5.45. The van der Waals surface area contributed by atoms with Gasteiger partial charge >= 0.3 is 0 Å². The average Bonchev–Trinajstić information content (AvgIpc) is 3.07. The number of methoxy groups -OCH3 is 1. The Hall–Kier alpha value is -2.14. The van der Waals surface area contributed by atoms with Gasteiger partial charge in [0.25, 0.3) is 5.84 Å². The summed E-state index contributed by atoms with van der Waals surface area (Å²) >= 11 is 0. The number of hydrogen-bond donors (Lipinski definition) is 2. The average molecular weight is 335 g/mol. The molecule has 0 saturated carbocycles. The Morgan fingerprint density at radius 3 is 2.88 bits per heavy atom. The minimum absolute atomic E-state index is 0.192. The molecule has 0 aliphatic carbocycles. The van der Waals surface area contributed by atoms with Crippen LogP contribution in [0.5, 0.6) is 0 Å². The molecule has 1 fully saturated rings. The van der Waals surface area contributed by atoms with Gasteiger partial charge in [-0.15, -0.1) is 0 Å². The van der Waals surface area contributed by atoms with Gasteiger partial charge in [-0.3, -0.25) is 0 Å². The molecule has 0 aromatic carbocycles. The van der Waals surface area contributed by atoms with Crippen molar-refractivity contribution in [1.82, 2.24) is 14.5 Å². The number of aliphatic hydroxyl groups is 2. The Morgan fingerprint density at radius 2 is 2.12 bits per heavy atom. The predicted octanol–water partition coefficient (Wildman–Crippen LogP) is -1.38. The van der Waals surface area contributed by atoms with Crippen molar-refractivity contribution in [1.29, 1.82) is 0 Å². The van der Waals surface area contributed by atoms with Gasteiger partial charge < -0.3 is 19.7 Å². The van der Waals surface area contributed by atoms with E-state index in [-0.39, 0.29) is 6.61 Å². The monoisotopic (exact) mass is 335 g/mol. The van der Waals surface area contributed by atoms with Gasteiger partial charge in [0, 0.05) is 21.1 Å². The van der Waals surface area contributed by atoms with E-state index in [2.05, 4.69) is 15.1 Å². The molecule has 1 saturated heterocycles. The second-order valence-corrected chi connectivity index (χ2v) is 5.93. The Labute approximate surface area is 137 Å². The van der Waals surface area contributed by atoms with Crippen LogP contribution in [-0.4, -0.2) is 69.7 Å². The highest BCUT2D eigenvalue weighted by Gasteiger charge is 2.47. The molecule has 24 heavy (non-hydrogen) atoms. The van der Waals surface area contributed by atoms with E-state index < -0.39 is 24.5 Å². The normalized spacial score (nSPS) is 29.4. The van der Waals surface area contributed by atoms with Crippen LogP contribution in [0.1, 0.15) is 13.2 Å². The lowest BCUT2D eigenvalue weighted by molar-refractivity contribution is -0.529. The van der Waals surface area contributed by atoms with E-state index in [4.69, 9.17) is 9.47 Å². The molecule has 2 aromatic heterocycles. The molecule has 2 aliphatic heterocycles. The van der Waals surface area contributed by atoms with E-state index in [0.717, 1.165) is 11.4 Å². The summed E-state index contributed by atoms with van der Waals surface area (Å²) in [5, 5.41) is 26.7. The molecule has 0 spiro atoms. The van der Waals surface area contributed by atoms with Crippen LogP contribution in [0.25, 0.3) is 11.2 Å². The molecule has 4 rings (SSSR count). The van der Waals surface area contributed by atoms with Crippen molar-refractivity contribution in [3.05, 3.63) is 12.7 Å². The molecule has 4 atom stereocenters. The zero-order valence-electron chi connectivity index (χ0n) is 13.6. The molecule has 2 aromatic rings. The highest BCUT2D eigenvalue weighted by molar-refractivity contribution is 5.88. The third-order valence-corrected chi connectivity index (χ3v) is 4.40. The van der Waals surface area contributed by atoms with Crippen LogP contribution in [0.3, 0.4) is 0 Å². The van der Waals surface area contributed by atoms with Gasteiger partial charge in [0.05, 0.1) is 6.61 Å². The third kappa shape index (κ3) is 2.04. The first-order valence-electron chi connectivity index (χ1n) is 7.60. The van der Waals surface area contributed by atoms with E-state index in [1.54, 1.807) is 15.9 Å². The van der Waals surface area contributed by atoms with Crippen molar-refractivity contribution in [2.24, 2.45) is 5.10 Å². The molecular formula is C14H19N6O4+. The first kappa shape index (κ1) is 15.4. The van der Waals surface area contributed by atoms with Gasteiger partial charge in [0.1, 0.15) is 24.6 Å². The first-order valence-corrected chi connectivity index (χ1v) is 7.60. The summed E-state index contributed by atoms with van der Waals surface area (Å²) < 4.78 is 14.4. The lowest BCUT2D eigenvalue weighted by atomic mass is 10.1. The fourth-order valence-electron chi connectivity index (χ4n) is 3.24. The van der Waals surface area contributed by atoms with Crippen LogP contribution in [0.4, 0.5) is 5.82 Å². The van der Waals surface area contributed by atoms with Crippen molar-refractivity contribution in [2.75, 3.05) is 25.8 Å². The van der Waals surface area contributed by atoms with Crippen LogP contribution >= 0.6 is 0 Å². The van der Waals surface area contributed by atoms with E-state index in [1.807, 2.05) is 18.5 Å². The molecule has 2 aliphatic rings. The summed E-state index contributed by atoms with van der Waals surface area (Å²) in [6.45, 7) is 2.06. The quantitative estimate of drug-likeness (QED) is 0.665. The number of aromatic nitrogens is 4. The van der Waals surface area contributed by atoms with Crippen LogP contribution in [-0.2, 0) is 9.47 Å². The number of hydrazone groups is 1. The molecule has 2 N–H and O–H groups in total. The van der Waals surface area contributed by atoms with Crippen LogP contribution < -0.4 is 9.58 Å². The maximum atomic E-state index is 10.4. The van der Waals surface area contributed by atoms with E-state index in [1.165, 1.54) is 13.4 Å². The maximum absolute atomic E-state index is 10.4. The summed E-state index contributed by atoms with van der Waals surface area (Å²) in [6, 6.07) is 0. The third-order valence-electron chi connectivity index (χ3n) is 4.40. The molecule has 10 nitrogen and oxygen atoms in total. The topological polar surface area (TPSA) is 109 Å². The van der Waals surface area contributed by atoms with Gasteiger partial charge in [-0.05, 0) is 5.10 Å². The Morgan fingerprint density at radius 1 is 1.33 bits per heavy atom. The number of hydrogen-bond acceptors (Lipinski definition) is 8. The standard InChI is InChI=1S/C14H19N6O4/c1-7-17-18(2)12-9-13(16-5-15-12)20(6-19(7)9)14-11(22)10(21)8(24-14)4-23-3/h5-6,8,10-11,14,21-22H,4H2,1-3H3/q+1. The summed E-state index contributed by atoms with van der Waals surface area (Å²) in [7, 11) is 3.33. The summed E-state index contributed by atoms with van der Waals surface area (Å²) in [5.41, 5.74) is 1.36. The number of rotatable bonds is 3. The van der Waals surface area contributed by atoms with Gasteiger partial charge in [-0.25, -0.2) is 14.5 Å². The predicted molar refractivity (Wildman–Crippen MR) is 82.4 cm³/mol. The largest absolute Gasteiger partial charge is 0.387 e. The number of aliphatic hydroxyl groups excluding tert-OH is 2. The summed E-state index contributed by atoms with van der Waals surface area (Å²) in [6.07, 6.45) is -0.319. The Bertz CT molecular complexity index is 821. The lowest BCUT2D eigenvalue weighted by Gasteiger charge is -2.13. The van der Waals surface area contributed by atoms with E-state index >= 15 is 0 Å². The molecule has 4 unspecified atom stereocenters. The molecule has 0 amide bonds. The number of imidazole rings is 1. The van der Waals surface area contributed by atoms with Crippen LogP contribution in [0.15, 0.2) is 17.8 Å². The zero-order valence-corrected chi connectivity index (χ0v) is 13.6. The molecule has 0 radical (unpaired) electrons. The van der Waals surface area contributed by atoms with Crippen LogP contribution in [0, 0.1) is 0 Å². The summed E-state index contributed by atoms with van der Waals surface area (Å²) in [5.74, 6) is 1.40. The molecule has 4 heterocycles. The number of ether oxygens (including phenoxy) is 2. The van der Waals surface area contributed by atoms with Crippen molar-refractivity contribution < 1.29 is 24.3 Å².